The van der Waals surface area contributed by atoms with Crippen molar-refractivity contribution in [2.75, 3.05) is 7.11 Å². The summed E-state index contributed by atoms with van der Waals surface area (Å²) in [5, 5.41) is 0. The third kappa shape index (κ3) is 2.18. The lowest BCUT2D eigenvalue weighted by Crippen LogP contribution is -2.39. The van der Waals surface area contributed by atoms with E-state index in [1.165, 1.54) is 7.11 Å². The summed E-state index contributed by atoms with van der Waals surface area (Å²) in [7, 11) is 1.38. The fourth-order valence-corrected chi connectivity index (χ4v) is 4.52. The highest BCUT2D eigenvalue weighted by Gasteiger charge is 2.58. The van der Waals surface area contributed by atoms with Crippen LogP contribution in [0.1, 0.15) is 45.4 Å². The summed E-state index contributed by atoms with van der Waals surface area (Å²) in [6, 6.07) is 0. The van der Waals surface area contributed by atoms with Crippen molar-refractivity contribution in [3.05, 3.63) is 11.1 Å². The first-order valence-electron chi connectivity index (χ1n) is 8.16. The lowest BCUT2D eigenvalue weighted by molar-refractivity contribution is -0.154. The molecule has 1 aliphatic heterocycles. The minimum absolute atomic E-state index is 0.0177. The molecule has 0 unspecified atom stereocenters. The van der Waals surface area contributed by atoms with E-state index in [-0.39, 0.29) is 23.7 Å². The Kier molecular flexibility index (Phi) is 4.06. The molecule has 2 aliphatic carbocycles. The molecule has 0 radical (unpaired) electrons. The molecule has 4 atom stereocenters. The van der Waals surface area contributed by atoms with E-state index < -0.39 is 17.9 Å². The Morgan fingerprint density at radius 1 is 1.27 bits per heavy atom. The van der Waals surface area contributed by atoms with Crippen LogP contribution in [0.3, 0.4) is 0 Å². The number of methoxy groups -OCH3 is 1. The number of esters is 3. The van der Waals surface area contributed by atoms with E-state index in [1.54, 1.807) is 0 Å². The number of carbonyl (C=O) groups is 3. The van der Waals surface area contributed by atoms with Crippen LogP contribution in [0.2, 0.25) is 0 Å². The summed E-state index contributed by atoms with van der Waals surface area (Å²) in [6.07, 6.45) is 5.23. The minimum Gasteiger partial charge on any atom is -0.466 e. The number of cyclic esters (lactones) is 2. The monoisotopic (exact) mass is 306 g/mol. The van der Waals surface area contributed by atoms with Gasteiger partial charge in [-0.3, -0.25) is 9.59 Å². The smallest absolute Gasteiger partial charge is 0.333 e. The number of carbonyl (C=O) groups excluding carboxylic acids is 3. The molecule has 2 fully saturated rings. The van der Waals surface area contributed by atoms with Gasteiger partial charge >= 0.3 is 17.9 Å². The van der Waals surface area contributed by atoms with Crippen LogP contribution in [-0.2, 0) is 23.9 Å². The van der Waals surface area contributed by atoms with Gasteiger partial charge in [0, 0.05) is 11.5 Å². The highest BCUT2D eigenvalue weighted by atomic mass is 16.6. The molecule has 3 rings (SSSR count). The maximum atomic E-state index is 12.3. The van der Waals surface area contributed by atoms with Crippen molar-refractivity contribution in [2.45, 2.75) is 45.4 Å². The fourth-order valence-electron chi connectivity index (χ4n) is 4.52. The van der Waals surface area contributed by atoms with Crippen LogP contribution < -0.4 is 0 Å². The van der Waals surface area contributed by atoms with Crippen LogP contribution in [0.25, 0.3) is 0 Å². The van der Waals surface area contributed by atoms with Crippen LogP contribution in [0.15, 0.2) is 11.1 Å². The Balaban J connectivity index is 2.08. The van der Waals surface area contributed by atoms with Crippen molar-refractivity contribution in [1.82, 2.24) is 0 Å². The highest BCUT2D eigenvalue weighted by Crippen LogP contribution is 2.54. The fraction of sp³-hybridized carbons (Fsp3) is 0.706. The van der Waals surface area contributed by atoms with Crippen LogP contribution in [-0.4, -0.2) is 25.0 Å². The van der Waals surface area contributed by atoms with Gasteiger partial charge in [-0.25, -0.2) is 4.79 Å². The summed E-state index contributed by atoms with van der Waals surface area (Å²) >= 11 is 0. The molecule has 22 heavy (non-hydrogen) atoms. The molecule has 120 valence electrons. The van der Waals surface area contributed by atoms with E-state index in [4.69, 9.17) is 9.47 Å². The molecule has 5 heteroatoms. The molecule has 5 nitrogen and oxygen atoms in total. The molecular weight excluding hydrogens is 284 g/mol. The summed E-state index contributed by atoms with van der Waals surface area (Å²) in [4.78, 5) is 36.7. The summed E-state index contributed by atoms with van der Waals surface area (Å²) in [5.41, 5.74) is 1.70. The Labute approximate surface area is 130 Å². The Hall–Kier alpha value is -1.65. The van der Waals surface area contributed by atoms with Crippen molar-refractivity contribution in [1.29, 1.82) is 0 Å². The van der Waals surface area contributed by atoms with Crippen molar-refractivity contribution < 1.29 is 23.9 Å². The molecule has 0 bridgehead atoms. The number of allylic oxidation sites excluding steroid dienone is 1. The number of hydrogen-bond acceptors (Lipinski definition) is 5. The van der Waals surface area contributed by atoms with Gasteiger partial charge in [0.1, 0.15) is 0 Å². The molecule has 0 aromatic carbocycles. The van der Waals surface area contributed by atoms with E-state index in [0.717, 1.165) is 44.1 Å². The molecule has 1 saturated carbocycles. The molecule has 1 heterocycles. The molecule has 0 aromatic rings. The maximum absolute atomic E-state index is 12.3. The third-order valence-electron chi connectivity index (χ3n) is 5.40. The third-order valence-corrected chi connectivity index (χ3v) is 5.40. The summed E-state index contributed by atoms with van der Waals surface area (Å²) < 4.78 is 9.92. The predicted molar refractivity (Wildman–Crippen MR) is 77.5 cm³/mol. The Morgan fingerprint density at radius 2 is 2.00 bits per heavy atom. The lowest BCUT2D eigenvalue weighted by Gasteiger charge is -2.36. The average molecular weight is 306 g/mol. The van der Waals surface area contributed by atoms with Crippen LogP contribution in [0.4, 0.5) is 0 Å². The number of unbranched alkanes of at least 4 members (excludes halogenated alkanes) is 1. The van der Waals surface area contributed by atoms with Gasteiger partial charge in [-0.2, -0.15) is 0 Å². The number of ether oxygens (including phenoxy) is 2. The molecule has 1 saturated heterocycles. The first kappa shape index (κ1) is 15.3. The van der Waals surface area contributed by atoms with Crippen molar-refractivity contribution in [3.63, 3.8) is 0 Å². The van der Waals surface area contributed by atoms with Gasteiger partial charge in [-0.05, 0) is 31.6 Å². The van der Waals surface area contributed by atoms with Crippen LogP contribution in [0.5, 0.6) is 0 Å². The summed E-state index contributed by atoms with van der Waals surface area (Å²) in [6.45, 7) is 2.07. The van der Waals surface area contributed by atoms with Crippen LogP contribution >= 0.6 is 0 Å². The molecule has 0 N–H and O–H groups in total. The first-order chi connectivity index (χ1) is 10.6. The summed E-state index contributed by atoms with van der Waals surface area (Å²) in [5.74, 6) is -2.33. The number of fused-ring (bicyclic) bond motifs is 3. The minimum atomic E-state index is -0.500. The first-order valence-corrected chi connectivity index (χ1v) is 8.16. The largest absolute Gasteiger partial charge is 0.466 e. The van der Waals surface area contributed by atoms with Gasteiger partial charge in [-0.1, -0.05) is 25.3 Å². The van der Waals surface area contributed by atoms with Gasteiger partial charge in [-0.15, -0.1) is 0 Å². The second-order valence-corrected chi connectivity index (χ2v) is 6.47. The van der Waals surface area contributed by atoms with Gasteiger partial charge in [0.05, 0.1) is 18.9 Å². The van der Waals surface area contributed by atoms with E-state index >= 15 is 0 Å². The molecular formula is C17H22O5. The van der Waals surface area contributed by atoms with E-state index in [0.29, 0.717) is 5.57 Å². The van der Waals surface area contributed by atoms with Crippen molar-refractivity contribution in [2.24, 2.45) is 23.7 Å². The molecule has 0 amide bonds. The number of rotatable bonds is 4. The lowest BCUT2D eigenvalue weighted by atomic mass is 9.64. The zero-order valence-electron chi connectivity index (χ0n) is 13.1. The second-order valence-electron chi connectivity index (χ2n) is 6.47. The number of hydrogen-bond donors (Lipinski definition) is 0. The average Bonchev–Trinajstić information content (AvgIpc) is 3.08. The zero-order valence-corrected chi connectivity index (χ0v) is 13.1. The van der Waals surface area contributed by atoms with Gasteiger partial charge in [0.2, 0.25) is 0 Å². The van der Waals surface area contributed by atoms with Crippen molar-refractivity contribution >= 4 is 17.9 Å². The molecule has 3 aliphatic rings. The van der Waals surface area contributed by atoms with E-state index in [9.17, 15) is 14.4 Å². The second kappa shape index (κ2) is 5.86. The van der Waals surface area contributed by atoms with Crippen molar-refractivity contribution in [3.8, 4) is 0 Å². The zero-order chi connectivity index (χ0) is 15.9. The Bertz CT molecular complexity index is 547. The highest BCUT2D eigenvalue weighted by molar-refractivity contribution is 6.00. The SMILES string of the molecule is CCCC[C@@H]1C(C(=O)OC)=C2CCC[C@@H]2[C@@H]2C(=O)OC(=O)[C@@H]21. The topological polar surface area (TPSA) is 69.7 Å². The van der Waals surface area contributed by atoms with Gasteiger partial charge < -0.3 is 9.47 Å². The predicted octanol–water partition coefficient (Wildman–Crippen LogP) is 2.39. The maximum Gasteiger partial charge on any atom is 0.333 e. The van der Waals surface area contributed by atoms with Crippen LogP contribution in [0, 0.1) is 23.7 Å². The molecule has 0 spiro atoms. The standard InChI is InChI=1S/C17H22O5/c1-3-4-6-11-12(15(18)21-2)9-7-5-8-10(9)13-14(11)17(20)22-16(13)19/h10-11,13-14H,3-8H2,1-2H3/t10-,11+,13-,14+/m0/s1. The van der Waals surface area contributed by atoms with Gasteiger partial charge in [0.15, 0.2) is 0 Å². The quantitative estimate of drug-likeness (QED) is 0.589. The van der Waals surface area contributed by atoms with E-state index in [1.807, 2.05) is 0 Å². The van der Waals surface area contributed by atoms with Gasteiger partial charge in [0.25, 0.3) is 0 Å². The van der Waals surface area contributed by atoms with E-state index in [2.05, 4.69) is 6.92 Å². The molecule has 0 aromatic heterocycles. The Morgan fingerprint density at radius 3 is 2.68 bits per heavy atom. The normalized spacial score (nSPS) is 33.5.